The lowest BCUT2D eigenvalue weighted by atomic mass is 9.90. The molecule has 1 aromatic heterocycles. The smallest absolute Gasteiger partial charge is 0.161 e. The quantitative estimate of drug-likeness (QED) is 0.402. The second-order valence-electron chi connectivity index (χ2n) is 8.88. The molecule has 0 bridgehead atoms. The molecule has 4 nitrogen and oxygen atoms in total. The molecule has 2 N–H and O–H groups in total. The Morgan fingerprint density at radius 2 is 1.69 bits per heavy atom. The third kappa shape index (κ3) is 3.45. The van der Waals surface area contributed by atoms with Gasteiger partial charge in [-0.1, -0.05) is 42.5 Å². The molecular weight excluding hydrogens is 396 g/mol. The van der Waals surface area contributed by atoms with Crippen LogP contribution < -0.4 is 14.8 Å². The number of aromatic amines is 1. The van der Waals surface area contributed by atoms with Crippen LogP contribution in [0.3, 0.4) is 0 Å². The van der Waals surface area contributed by atoms with Crippen molar-refractivity contribution in [3.8, 4) is 22.6 Å². The standard InChI is InChI=1S/C28H28N2O2/c1-18(19-6-3-2-4-7-19)29-25-9-5-8-22-23-16-20(10-12-24(23)30-28(22)25)21-11-13-26-27(17-21)32-15-14-31-26/h2-4,6-7,10-13,16-18,25,29-30H,5,8-9,14-15H2,1H3/t18-,25?/m1/s1. The minimum atomic E-state index is 0.312. The molecule has 162 valence electrons. The van der Waals surface area contributed by atoms with Crippen LogP contribution in [0.1, 0.15) is 48.7 Å². The summed E-state index contributed by atoms with van der Waals surface area (Å²) in [6.07, 6.45) is 3.48. The molecule has 0 fully saturated rings. The van der Waals surface area contributed by atoms with Crippen molar-refractivity contribution in [2.75, 3.05) is 13.2 Å². The summed E-state index contributed by atoms with van der Waals surface area (Å²) in [4.78, 5) is 3.74. The monoisotopic (exact) mass is 424 g/mol. The molecule has 3 aromatic carbocycles. The summed E-state index contributed by atoms with van der Waals surface area (Å²) in [7, 11) is 0. The van der Waals surface area contributed by atoms with Crippen LogP contribution in [0.5, 0.6) is 11.5 Å². The van der Waals surface area contributed by atoms with Gasteiger partial charge in [0.25, 0.3) is 0 Å². The number of aryl methyl sites for hydroxylation is 1. The average Bonchev–Trinajstić information content (AvgIpc) is 3.23. The van der Waals surface area contributed by atoms with E-state index in [1.54, 1.807) is 0 Å². The molecule has 0 amide bonds. The van der Waals surface area contributed by atoms with Gasteiger partial charge in [-0.15, -0.1) is 0 Å². The highest BCUT2D eigenvalue weighted by atomic mass is 16.6. The van der Waals surface area contributed by atoms with Crippen molar-refractivity contribution in [1.82, 2.24) is 10.3 Å². The predicted molar refractivity (Wildman–Crippen MR) is 128 cm³/mol. The molecule has 2 aliphatic rings. The Hall–Kier alpha value is -3.24. The lowest BCUT2D eigenvalue weighted by Gasteiger charge is -2.27. The van der Waals surface area contributed by atoms with Gasteiger partial charge in [-0.2, -0.15) is 0 Å². The second-order valence-corrected chi connectivity index (χ2v) is 8.88. The summed E-state index contributed by atoms with van der Waals surface area (Å²) in [6.45, 7) is 3.48. The van der Waals surface area contributed by atoms with Crippen molar-refractivity contribution < 1.29 is 9.47 Å². The minimum absolute atomic E-state index is 0.312. The summed E-state index contributed by atoms with van der Waals surface area (Å²) in [6, 6.07) is 24.4. The highest BCUT2D eigenvalue weighted by molar-refractivity contribution is 5.89. The number of H-pyrrole nitrogens is 1. The Morgan fingerprint density at radius 3 is 2.56 bits per heavy atom. The fourth-order valence-electron chi connectivity index (χ4n) is 5.17. The van der Waals surface area contributed by atoms with Crippen LogP contribution >= 0.6 is 0 Å². The van der Waals surface area contributed by atoms with E-state index >= 15 is 0 Å². The predicted octanol–water partition coefficient (Wildman–Crippen LogP) is 6.33. The fraction of sp³-hybridized carbons (Fsp3) is 0.286. The van der Waals surface area contributed by atoms with Gasteiger partial charge < -0.3 is 19.8 Å². The van der Waals surface area contributed by atoms with Gasteiger partial charge in [-0.05, 0) is 72.7 Å². The van der Waals surface area contributed by atoms with E-state index in [0.29, 0.717) is 25.3 Å². The maximum atomic E-state index is 5.80. The van der Waals surface area contributed by atoms with Gasteiger partial charge in [-0.3, -0.25) is 0 Å². The van der Waals surface area contributed by atoms with Gasteiger partial charge in [0.05, 0.1) is 0 Å². The first-order valence-electron chi connectivity index (χ1n) is 11.6. The maximum absolute atomic E-state index is 5.80. The highest BCUT2D eigenvalue weighted by Crippen LogP contribution is 2.39. The molecule has 0 saturated carbocycles. The molecule has 0 radical (unpaired) electrons. The third-order valence-electron chi connectivity index (χ3n) is 6.83. The molecule has 4 heteroatoms. The van der Waals surface area contributed by atoms with E-state index in [0.717, 1.165) is 29.9 Å². The molecule has 0 saturated heterocycles. The maximum Gasteiger partial charge on any atom is 0.161 e. The van der Waals surface area contributed by atoms with Gasteiger partial charge in [-0.25, -0.2) is 0 Å². The van der Waals surface area contributed by atoms with Crippen molar-refractivity contribution in [3.05, 3.63) is 83.6 Å². The summed E-state index contributed by atoms with van der Waals surface area (Å²) < 4.78 is 11.5. The number of nitrogens with one attached hydrogen (secondary N) is 2. The largest absolute Gasteiger partial charge is 0.486 e. The number of hydrogen-bond donors (Lipinski definition) is 2. The zero-order valence-electron chi connectivity index (χ0n) is 18.4. The summed E-state index contributed by atoms with van der Waals surface area (Å²) in [5.41, 5.74) is 7.74. The van der Waals surface area contributed by atoms with E-state index in [2.05, 4.69) is 77.9 Å². The van der Waals surface area contributed by atoms with Crippen molar-refractivity contribution in [2.45, 2.75) is 38.3 Å². The van der Waals surface area contributed by atoms with Crippen LogP contribution in [0.25, 0.3) is 22.0 Å². The molecular formula is C28H28N2O2. The van der Waals surface area contributed by atoms with Crippen LogP contribution in [0.2, 0.25) is 0 Å². The van der Waals surface area contributed by atoms with Crippen LogP contribution in [0, 0.1) is 0 Å². The van der Waals surface area contributed by atoms with Gasteiger partial charge in [0.15, 0.2) is 11.5 Å². The van der Waals surface area contributed by atoms with E-state index in [1.165, 1.54) is 39.7 Å². The summed E-state index contributed by atoms with van der Waals surface area (Å²) >= 11 is 0. The molecule has 1 aliphatic heterocycles. The van der Waals surface area contributed by atoms with E-state index in [-0.39, 0.29) is 0 Å². The summed E-state index contributed by atoms with van der Waals surface area (Å²) in [5, 5.41) is 5.21. The van der Waals surface area contributed by atoms with Crippen molar-refractivity contribution in [1.29, 1.82) is 0 Å². The van der Waals surface area contributed by atoms with Crippen LogP contribution in [0.4, 0.5) is 0 Å². The van der Waals surface area contributed by atoms with E-state index in [9.17, 15) is 0 Å². The van der Waals surface area contributed by atoms with E-state index in [4.69, 9.17) is 9.47 Å². The number of rotatable bonds is 4. The molecule has 2 atom stereocenters. The van der Waals surface area contributed by atoms with Gasteiger partial charge in [0, 0.05) is 28.7 Å². The SMILES string of the molecule is C[C@@H](NC1CCCc2c1[nH]c1ccc(-c3ccc4c(c3)OCCO4)cc21)c1ccccc1. The number of hydrogen-bond acceptors (Lipinski definition) is 3. The molecule has 1 aliphatic carbocycles. The average molecular weight is 425 g/mol. The zero-order chi connectivity index (χ0) is 21.5. The zero-order valence-corrected chi connectivity index (χ0v) is 18.4. The Balaban J connectivity index is 1.33. The van der Waals surface area contributed by atoms with E-state index < -0.39 is 0 Å². The molecule has 1 unspecified atom stereocenters. The summed E-state index contributed by atoms with van der Waals surface area (Å²) in [5.74, 6) is 1.67. The first kappa shape index (κ1) is 19.4. The van der Waals surface area contributed by atoms with Crippen LogP contribution in [-0.2, 0) is 6.42 Å². The van der Waals surface area contributed by atoms with Gasteiger partial charge in [0.1, 0.15) is 13.2 Å². The molecule has 4 aromatic rings. The van der Waals surface area contributed by atoms with Gasteiger partial charge >= 0.3 is 0 Å². The first-order valence-corrected chi connectivity index (χ1v) is 11.6. The number of aromatic nitrogens is 1. The molecule has 0 spiro atoms. The topological polar surface area (TPSA) is 46.3 Å². The van der Waals surface area contributed by atoms with Crippen molar-refractivity contribution in [2.24, 2.45) is 0 Å². The second kappa shape index (κ2) is 8.03. The lowest BCUT2D eigenvalue weighted by Crippen LogP contribution is -2.27. The Labute approximate surface area is 188 Å². The van der Waals surface area contributed by atoms with E-state index in [1.807, 2.05) is 6.07 Å². The number of fused-ring (bicyclic) bond motifs is 4. The Kier molecular flexibility index (Phi) is 4.88. The van der Waals surface area contributed by atoms with Crippen molar-refractivity contribution in [3.63, 3.8) is 0 Å². The molecule has 6 rings (SSSR count). The van der Waals surface area contributed by atoms with Crippen molar-refractivity contribution >= 4 is 10.9 Å². The van der Waals surface area contributed by atoms with Crippen LogP contribution in [0.15, 0.2) is 66.7 Å². The van der Waals surface area contributed by atoms with Gasteiger partial charge in [0.2, 0.25) is 0 Å². The van der Waals surface area contributed by atoms with Crippen LogP contribution in [-0.4, -0.2) is 18.2 Å². The fourth-order valence-corrected chi connectivity index (χ4v) is 5.17. The number of benzene rings is 3. The first-order chi connectivity index (χ1) is 15.8. The Bertz CT molecular complexity index is 1260. The Morgan fingerprint density at radius 1 is 0.906 bits per heavy atom. The lowest BCUT2D eigenvalue weighted by molar-refractivity contribution is 0.171. The molecule has 2 heterocycles. The number of ether oxygens (including phenoxy) is 2. The third-order valence-corrected chi connectivity index (χ3v) is 6.83. The normalized spacial score (nSPS) is 18.3. The minimum Gasteiger partial charge on any atom is -0.486 e. The highest BCUT2D eigenvalue weighted by Gasteiger charge is 2.26. The molecule has 32 heavy (non-hydrogen) atoms.